The van der Waals surface area contributed by atoms with Crippen LogP contribution in [0.1, 0.15) is 5.69 Å². The lowest BCUT2D eigenvalue weighted by Gasteiger charge is -2.15. The monoisotopic (exact) mass is 443 g/mol. The molecule has 0 saturated heterocycles. The Labute approximate surface area is 156 Å². The smallest absolute Gasteiger partial charge is 0.261 e. The second-order valence-electron chi connectivity index (χ2n) is 5.29. The van der Waals surface area contributed by atoms with Gasteiger partial charge >= 0.3 is 0 Å². The summed E-state index contributed by atoms with van der Waals surface area (Å²) in [6, 6.07) is 11.3. The van der Waals surface area contributed by atoms with Crippen molar-refractivity contribution in [1.82, 2.24) is 15.2 Å². The summed E-state index contributed by atoms with van der Waals surface area (Å²) in [5.74, 6) is -0.835. The van der Waals surface area contributed by atoms with Crippen molar-refractivity contribution in [3.63, 3.8) is 0 Å². The van der Waals surface area contributed by atoms with Gasteiger partial charge in [0.1, 0.15) is 10.3 Å². The van der Waals surface area contributed by atoms with Gasteiger partial charge in [0, 0.05) is 17.6 Å². The Morgan fingerprint density at radius 1 is 1.28 bits per heavy atom. The molecule has 0 saturated carbocycles. The molecule has 1 atom stereocenters. The third-order valence-corrected chi connectivity index (χ3v) is 7.13. The highest BCUT2D eigenvalue weighted by atomic mass is 79.9. The molecule has 0 spiro atoms. The largest absolute Gasteiger partial charge is 0.358 e. The number of fused-ring (bicyclic) bond motifs is 1. The van der Waals surface area contributed by atoms with E-state index in [1.165, 1.54) is 11.5 Å². The quantitative estimate of drug-likeness (QED) is 0.346. The molecule has 1 aromatic carbocycles. The highest BCUT2D eigenvalue weighted by molar-refractivity contribution is 9.11. The molecule has 4 N–H and O–H groups in total. The maximum atomic E-state index is 12.4. The van der Waals surface area contributed by atoms with E-state index in [2.05, 4.69) is 25.6 Å². The fourth-order valence-electron chi connectivity index (χ4n) is 2.42. The summed E-state index contributed by atoms with van der Waals surface area (Å²) in [5.41, 5.74) is 3.06. The molecule has 0 bridgehead atoms. The highest BCUT2D eigenvalue weighted by Gasteiger charge is 2.27. The van der Waals surface area contributed by atoms with Gasteiger partial charge in [0.05, 0.1) is 3.79 Å². The molecule has 0 radical (unpaired) electrons. The van der Waals surface area contributed by atoms with Gasteiger partial charge in [0.15, 0.2) is 0 Å². The van der Waals surface area contributed by atoms with Crippen LogP contribution in [-0.2, 0) is 21.2 Å². The SMILES string of the molecule is O=C(NO)C(Cc1cc2ccccc2[nH]1)NS(=O)(=O)c1ccc(Br)s1. The van der Waals surface area contributed by atoms with E-state index >= 15 is 0 Å². The summed E-state index contributed by atoms with van der Waals surface area (Å²) in [4.78, 5) is 15.1. The zero-order valence-corrected chi connectivity index (χ0v) is 15.9. The number of hydrogen-bond donors (Lipinski definition) is 4. The first-order chi connectivity index (χ1) is 11.9. The van der Waals surface area contributed by atoms with E-state index in [-0.39, 0.29) is 10.6 Å². The molecule has 25 heavy (non-hydrogen) atoms. The molecule has 7 nitrogen and oxygen atoms in total. The van der Waals surface area contributed by atoms with Crippen molar-refractivity contribution in [2.24, 2.45) is 0 Å². The van der Waals surface area contributed by atoms with Crippen LogP contribution in [0, 0.1) is 0 Å². The van der Waals surface area contributed by atoms with Crippen molar-refractivity contribution in [1.29, 1.82) is 0 Å². The van der Waals surface area contributed by atoms with Crippen molar-refractivity contribution in [2.75, 3.05) is 0 Å². The first-order valence-corrected chi connectivity index (χ1v) is 10.3. The maximum Gasteiger partial charge on any atom is 0.261 e. The van der Waals surface area contributed by atoms with Crippen LogP contribution in [-0.4, -0.2) is 30.6 Å². The second kappa shape index (κ2) is 7.26. The Morgan fingerprint density at radius 3 is 2.68 bits per heavy atom. The molecule has 1 amide bonds. The molecule has 0 aliphatic carbocycles. The number of para-hydroxylation sites is 1. The van der Waals surface area contributed by atoms with Gasteiger partial charge in [-0.05, 0) is 45.6 Å². The molecular formula is C15H14BrN3O4S2. The van der Waals surface area contributed by atoms with Gasteiger partial charge in [-0.3, -0.25) is 10.0 Å². The molecule has 1 unspecified atom stereocenters. The third-order valence-electron chi connectivity index (χ3n) is 3.55. The van der Waals surface area contributed by atoms with E-state index in [1.807, 2.05) is 30.3 Å². The Kier molecular flexibility index (Phi) is 5.25. The predicted molar refractivity (Wildman–Crippen MR) is 98.1 cm³/mol. The average molecular weight is 444 g/mol. The summed E-state index contributed by atoms with van der Waals surface area (Å²) in [6.45, 7) is 0. The number of benzene rings is 1. The summed E-state index contributed by atoms with van der Waals surface area (Å²) >= 11 is 4.24. The number of H-pyrrole nitrogens is 1. The van der Waals surface area contributed by atoms with Crippen LogP contribution in [0.4, 0.5) is 0 Å². The summed E-state index contributed by atoms with van der Waals surface area (Å²) in [7, 11) is -3.89. The number of thiophene rings is 1. The Bertz CT molecular complexity index is 980. The lowest BCUT2D eigenvalue weighted by atomic mass is 10.1. The number of amides is 1. The van der Waals surface area contributed by atoms with Crippen LogP contribution in [0.25, 0.3) is 10.9 Å². The van der Waals surface area contributed by atoms with Gasteiger partial charge in [0.25, 0.3) is 15.9 Å². The predicted octanol–water partition coefficient (Wildman–Crippen LogP) is 2.39. The number of halogens is 1. The van der Waals surface area contributed by atoms with Crippen LogP contribution in [0.15, 0.2) is 50.5 Å². The fraction of sp³-hybridized carbons (Fsp3) is 0.133. The van der Waals surface area contributed by atoms with Crippen molar-refractivity contribution in [3.05, 3.63) is 51.9 Å². The summed E-state index contributed by atoms with van der Waals surface area (Å²) < 4.78 is 28.0. The second-order valence-corrected chi connectivity index (χ2v) is 9.70. The lowest BCUT2D eigenvalue weighted by Crippen LogP contribution is -2.47. The fourth-order valence-corrected chi connectivity index (χ4v) is 5.64. The molecule has 3 aromatic rings. The molecule has 10 heteroatoms. The highest BCUT2D eigenvalue weighted by Crippen LogP contribution is 2.26. The number of sulfonamides is 1. The maximum absolute atomic E-state index is 12.4. The minimum absolute atomic E-state index is 0.0623. The van der Waals surface area contributed by atoms with Gasteiger partial charge in [-0.1, -0.05) is 18.2 Å². The molecule has 3 rings (SSSR count). The molecule has 0 aliphatic heterocycles. The molecule has 132 valence electrons. The van der Waals surface area contributed by atoms with E-state index in [0.29, 0.717) is 9.48 Å². The molecule has 0 fully saturated rings. The standard InChI is InChI=1S/C15H14BrN3O4S2/c16-13-5-6-14(24-13)25(22,23)19-12(15(20)18-21)8-10-7-9-3-1-2-4-11(9)17-10/h1-7,12,17,19,21H,8H2,(H,18,20). The van der Waals surface area contributed by atoms with E-state index in [0.717, 1.165) is 22.2 Å². The van der Waals surface area contributed by atoms with Crippen LogP contribution in [0.5, 0.6) is 0 Å². The van der Waals surface area contributed by atoms with Gasteiger partial charge in [-0.25, -0.2) is 13.9 Å². The van der Waals surface area contributed by atoms with Crippen molar-refractivity contribution >= 4 is 54.1 Å². The van der Waals surface area contributed by atoms with Crippen LogP contribution < -0.4 is 10.2 Å². The molecule has 0 aliphatic rings. The van der Waals surface area contributed by atoms with E-state index in [9.17, 15) is 13.2 Å². The Balaban J connectivity index is 1.86. The number of hydroxylamine groups is 1. The number of nitrogens with one attached hydrogen (secondary N) is 3. The Morgan fingerprint density at radius 2 is 2.04 bits per heavy atom. The summed E-state index contributed by atoms with van der Waals surface area (Å²) in [5, 5.41) is 9.89. The van der Waals surface area contributed by atoms with Crippen molar-refractivity contribution < 1.29 is 18.4 Å². The topological polar surface area (TPSA) is 111 Å². The molecule has 2 heterocycles. The third kappa shape index (κ3) is 4.10. The normalized spacial score (nSPS) is 13.0. The average Bonchev–Trinajstić information content (AvgIpc) is 3.19. The molecular weight excluding hydrogens is 430 g/mol. The van der Waals surface area contributed by atoms with Crippen LogP contribution in [0.2, 0.25) is 0 Å². The lowest BCUT2D eigenvalue weighted by molar-refractivity contribution is -0.130. The number of aromatic amines is 1. The van der Waals surface area contributed by atoms with Crippen molar-refractivity contribution in [3.8, 4) is 0 Å². The zero-order valence-electron chi connectivity index (χ0n) is 12.7. The van der Waals surface area contributed by atoms with Gasteiger partial charge < -0.3 is 4.98 Å². The number of carbonyl (C=O) groups is 1. The van der Waals surface area contributed by atoms with E-state index in [4.69, 9.17) is 5.21 Å². The van der Waals surface area contributed by atoms with Crippen LogP contribution >= 0.6 is 27.3 Å². The number of aromatic nitrogens is 1. The van der Waals surface area contributed by atoms with Gasteiger partial charge in [-0.15, -0.1) is 11.3 Å². The van der Waals surface area contributed by atoms with E-state index in [1.54, 1.807) is 6.07 Å². The minimum Gasteiger partial charge on any atom is -0.358 e. The first-order valence-electron chi connectivity index (χ1n) is 7.17. The molecule has 2 aromatic heterocycles. The van der Waals surface area contributed by atoms with Gasteiger partial charge in [0.2, 0.25) is 0 Å². The Hall–Kier alpha value is -1.72. The number of hydrogen-bond acceptors (Lipinski definition) is 5. The number of rotatable bonds is 6. The number of carbonyl (C=O) groups excluding carboxylic acids is 1. The summed E-state index contributed by atoms with van der Waals surface area (Å²) in [6.07, 6.45) is 0.0623. The zero-order chi connectivity index (χ0) is 18.0. The first kappa shape index (κ1) is 18.1. The van der Waals surface area contributed by atoms with Crippen molar-refractivity contribution in [2.45, 2.75) is 16.7 Å². The van der Waals surface area contributed by atoms with Gasteiger partial charge in [-0.2, -0.15) is 4.72 Å². The van der Waals surface area contributed by atoms with Crippen LogP contribution in [0.3, 0.4) is 0 Å². The van der Waals surface area contributed by atoms with E-state index < -0.39 is 22.0 Å². The minimum atomic E-state index is -3.89.